The van der Waals surface area contributed by atoms with Gasteiger partial charge in [-0.15, -0.1) is 0 Å². The molecule has 8 unspecified atom stereocenters. The summed E-state index contributed by atoms with van der Waals surface area (Å²) in [4.78, 5) is 68.4. The van der Waals surface area contributed by atoms with E-state index in [9.17, 15) is 34.3 Å². The second-order valence-electron chi connectivity index (χ2n) is 22.3. The van der Waals surface area contributed by atoms with E-state index in [1.807, 2.05) is 32.1 Å². The van der Waals surface area contributed by atoms with Crippen LogP contribution in [0.2, 0.25) is 0 Å². The van der Waals surface area contributed by atoms with E-state index in [1.54, 1.807) is 0 Å². The number of fused-ring (bicyclic) bond motifs is 7. The number of nitrogens with zero attached hydrogens (tertiary/aromatic N) is 1. The zero-order valence-electron chi connectivity index (χ0n) is 42.5. The normalized spacial score (nSPS) is 30.4. The van der Waals surface area contributed by atoms with Gasteiger partial charge < -0.3 is 15.7 Å². The Labute approximate surface area is 408 Å². The molecule has 0 aromatic carbocycles. The summed E-state index contributed by atoms with van der Waals surface area (Å²) in [5, 5.41) is 26.3. The van der Waals surface area contributed by atoms with Gasteiger partial charge in [0.05, 0.1) is 11.0 Å². The lowest BCUT2D eigenvalue weighted by atomic mass is 9.37. The molecular weight excluding hydrogens is 847 g/mol. The number of allylic oxidation sites excluding steroid dienone is 16. The van der Waals surface area contributed by atoms with Crippen LogP contribution in [-0.2, 0) is 24.0 Å². The molecule has 0 radical (unpaired) electrons. The van der Waals surface area contributed by atoms with Crippen molar-refractivity contribution in [2.45, 2.75) is 177 Å². The van der Waals surface area contributed by atoms with E-state index >= 15 is 0 Å². The smallest absolute Gasteiger partial charge is 0.326 e. The Morgan fingerprint density at radius 2 is 1.34 bits per heavy atom. The van der Waals surface area contributed by atoms with Crippen molar-refractivity contribution in [2.24, 2.45) is 50.7 Å². The highest BCUT2D eigenvalue weighted by Gasteiger charge is 2.68. The van der Waals surface area contributed by atoms with Crippen molar-refractivity contribution in [1.82, 2.24) is 10.6 Å². The second kappa shape index (κ2) is 24.1. The van der Waals surface area contributed by atoms with Gasteiger partial charge in [-0.25, -0.2) is 4.79 Å². The van der Waals surface area contributed by atoms with Gasteiger partial charge in [0.1, 0.15) is 12.1 Å². The third-order valence-corrected chi connectivity index (χ3v) is 17.2. The number of carboxylic acid groups (broad SMARTS) is 1. The van der Waals surface area contributed by atoms with Crippen LogP contribution in [0.1, 0.15) is 170 Å². The van der Waals surface area contributed by atoms with E-state index in [0.717, 1.165) is 69.8 Å². The van der Waals surface area contributed by atoms with E-state index in [2.05, 4.69) is 118 Å². The maximum absolute atomic E-state index is 14.9. The number of carbonyl (C=O) groups is 5. The summed E-state index contributed by atoms with van der Waals surface area (Å²) < 4.78 is 0. The van der Waals surface area contributed by atoms with Crippen molar-refractivity contribution in [1.29, 1.82) is 5.26 Å². The summed E-state index contributed by atoms with van der Waals surface area (Å²) in [5.41, 5.74) is -1.27. The van der Waals surface area contributed by atoms with Crippen LogP contribution in [0.25, 0.3) is 0 Å². The molecule has 3 N–H and O–H groups in total. The number of hydrogen-bond donors (Lipinski definition) is 3. The first-order chi connectivity index (χ1) is 32.4. The number of carbonyl (C=O) groups excluding carboxylic acids is 4. The van der Waals surface area contributed by atoms with Crippen LogP contribution in [0, 0.1) is 62.1 Å². The molecule has 9 nitrogen and oxygen atoms in total. The van der Waals surface area contributed by atoms with Crippen LogP contribution in [0.4, 0.5) is 0 Å². The number of unbranched alkanes of at least 4 members (excludes halogenated alkanes) is 1. The van der Waals surface area contributed by atoms with E-state index in [1.165, 1.54) is 0 Å². The molecule has 370 valence electrons. The van der Waals surface area contributed by atoms with Gasteiger partial charge in [-0.1, -0.05) is 133 Å². The molecule has 0 saturated heterocycles. The van der Waals surface area contributed by atoms with Gasteiger partial charge >= 0.3 is 5.97 Å². The minimum absolute atomic E-state index is 0.00486. The first-order valence-electron chi connectivity index (χ1n) is 26.0. The number of nitrogens with one attached hydrogen (secondary N) is 2. The Bertz CT molecular complexity index is 2120. The fourth-order valence-corrected chi connectivity index (χ4v) is 12.6. The second-order valence-corrected chi connectivity index (χ2v) is 22.3. The van der Waals surface area contributed by atoms with Gasteiger partial charge in [-0.2, -0.15) is 5.26 Å². The number of Topliss-reactive ketones (excluding diaryl/α,β-unsaturated/α-hetero) is 1. The number of nitriles is 1. The molecule has 0 aliphatic heterocycles. The van der Waals surface area contributed by atoms with Gasteiger partial charge in [0.25, 0.3) is 0 Å². The Morgan fingerprint density at radius 1 is 0.765 bits per heavy atom. The molecule has 0 heterocycles. The van der Waals surface area contributed by atoms with E-state index < -0.39 is 34.2 Å². The van der Waals surface area contributed by atoms with Gasteiger partial charge in [-0.05, 0) is 150 Å². The molecular formula is C59H83N3O6. The van der Waals surface area contributed by atoms with Crippen molar-refractivity contribution in [3.63, 3.8) is 0 Å². The van der Waals surface area contributed by atoms with E-state index in [-0.39, 0.29) is 64.0 Å². The van der Waals surface area contributed by atoms with Crippen molar-refractivity contribution in [3.8, 4) is 6.07 Å². The fourth-order valence-electron chi connectivity index (χ4n) is 12.6. The number of amides is 2. The standard InChI is InChI=1S/C59H83N3O6/c1-8-9-10-11-12-13-14-15-16-17-18-19-20-21-22-23-24-25-26-30-50(64)61-39-28-27-29-48(53(66)67)62-54(68)59-37-35-55(2,3)33-31-46(59)51-49(63)41-47-44-40-43(42-60)52(65)56(4,5)45(44)32-34-57(47,6)58(51,7)36-38-59/h9-10,12-13,15-16,18-19,21-22,24-25,40-41,44-46,48,51H,8,11,14,17,20,23,26-39H2,1-7H3,(H,61,64)(H,62,68)(H,66,67). The molecule has 9 heteroatoms. The molecule has 5 aliphatic rings. The first kappa shape index (κ1) is 54.1. The van der Waals surface area contributed by atoms with Crippen molar-refractivity contribution >= 4 is 29.4 Å². The van der Waals surface area contributed by atoms with Crippen LogP contribution >= 0.6 is 0 Å². The number of ketones is 2. The zero-order valence-corrected chi connectivity index (χ0v) is 42.5. The van der Waals surface area contributed by atoms with Crippen LogP contribution < -0.4 is 10.6 Å². The number of hydrogen-bond acceptors (Lipinski definition) is 6. The van der Waals surface area contributed by atoms with Crippen molar-refractivity contribution in [3.05, 3.63) is 96.2 Å². The molecule has 68 heavy (non-hydrogen) atoms. The van der Waals surface area contributed by atoms with Crippen LogP contribution in [0.5, 0.6) is 0 Å². The molecule has 3 saturated carbocycles. The number of rotatable bonds is 22. The number of aliphatic carboxylic acids is 1. The lowest BCUT2D eigenvalue weighted by Gasteiger charge is -2.65. The molecule has 0 bridgehead atoms. The zero-order chi connectivity index (χ0) is 49.6. The van der Waals surface area contributed by atoms with Gasteiger partial charge in [0, 0.05) is 30.2 Å². The van der Waals surface area contributed by atoms with E-state index in [0.29, 0.717) is 57.9 Å². The molecule has 0 aromatic rings. The highest BCUT2D eigenvalue weighted by atomic mass is 16.4. The third kappa shape index (κ3) is 12.5. The lowest BCUT2D eigenvalue weighted by molar-refractivity contribution is -0.167. The molecule has 5 rings (SSSR count). The molecule has 5 aliphatic carbocycles. The molecule has 8 atom stereocenters. The minimum Gasteiger partial charge on any atom is -0.480 e. The molecule has 2 amide bonds. The Hall–Kier alpha value is -4.84. The Kier molecular flexibility index (Phi) is 19.2. The highest BCUT2D eigenvalue weighted by molar-refractivity contribution is 6.04. The van der Waals surface area contributed by atoms with Gasteiger partial charge in [0.15, 0.2) is 11.6 Å². The number of carboxylic acids is 1. The summed E-state index contributed by atoms with van der Waals surface area (Å²) in [6.07, 6.45) is 43.4. The quantitative estimate of drug-likeness (QED) is 0.0721. The maximum atomic E-state index is 14.9. The SMILES string of the molecule is CCC=CCC=CCC=CCC=CCC=CCC=CCCC(=O)NCCCCC(NC(=O)C12CCC(C)(C)CCC1C1C(=O)C=C3C4C=C(C#N)C(=O)C(C)(C)C4CCC3(C)C1(C)CC2)C(=O)O. The average molecular weight is 930 g/mol. The topological polar surface area (TPSA) is 153 Å². The lowest BCUT2D eigenvalue weighted by Crippen LogP contribution is -2.64. The fraction of sp³-hybridized carbons (Fsp3) is 0.627. The minimum atomic E-state index is -1.08. The van der Waals surface area contributed by atoms with E-state index in [4.69, 9.17) is 0 Å². The summed E-state index contributed by atoms with van der Waals surface area (Å²) >= 11 is 0. The van der Waals surface area contributed by atoms with Gasteiger partial charge in [-0.3, -0.25) is 19.2 Å². The molecule has 0 aromatic heterocycles. The highest BCUT2D eigenvalue weighted by Crippen LogP contribution is 2.71. The molecule has 3 fully saturated rings. The largest absolute Gasteiger partial charge is 0.480 e. The Morgan fingerprint density at radius 3 is 1.93 bits per heavy atom. The van der Waals surface area contributed by atoms with Crippen LogP contribution in [-0.4, -0.2) is 47.0 Å². The van der Waals surface area contributed by atoms with Crippen molar-refractivity contribution in [2.75, 3.05) is 6.54 Å². The first-order valence-corrected chi connectivity index (χ1v) is 26.0. The summed E-state index contributed by atoms with van der Waals surface area (Å²) in [6, 6.07) is 1.08. The Balaban J connectivity index is 1.10. The van der Waals surface area contributed by atoms with Crippen LogP contribution in [0.15, 0.2) is 96.2 Å². The summed E-state index contributed by atoms with van der Waals surface area (Å²) in [5.74, 6) is -2.32. The average Bonchev–Trinajstić information content (AvgIpc) is 3.43. The monoisotopic (exact) mass is 930 g/mol. The predicted octanol–water partition coefficient (Wildman–Crippen LogP) is 12.5. The molecule has 0 spiro atoms. The third-order valence-electron chi connectivity index (χ3n) is 17.2. The van der Waals surface area contributed by atoms with Crippen molar-refractivity contribution < 1.29 is 29.1 Å². The predicted molar refractivity (Wildman–Crippen MR) is 273 cm³/mol. The summed E-state index contributed by atoms with van der Waals surface area (Å²) in [6.45, 7) is 15.4. The van der Waals surface area contributed by atoms with Crippen LogP contribution in [0.3, 0.4) is 0 Å². The maximum Gasteiger partial charge on any atom is 0.326 e. The van der Waals surface area contributed by atoms with Gasteiger partial charge in [0.2, 0.25) is 11.8 Å². The summed E-state index contributed by atoms with van der Waals surface area (Å²) in [7, 11) is 0.